The molecule has 2 aromatic rings. The first kappa shape index (κ1) is 14.0. The van der Waals surface area contributed by atoms with Crippen LogP contribution in [0, 0.1) is 0 Å². The highest BCUT2D eigenvalue weighted by Crippen LogP contribution is 2.35. The van der Waals surface area contributed by atoms with Crippen LogP contribution in [0.15, 0.2) is 22.2 Å². The number of nitrogens with two attached hydrogens (primary N) is 1. The zero-order valence-electron chi connectivity index (χ0n) is 10.6. The van der Waals surface area contributed by atoms with E-state index in [1.165, 1.54) is 16.4 Å². The molecule has 0 radical (unpaired) electrons. The fourth-order valence-corrected chi connectivity index (χ4v) is 2.52. The van der Waals surface area contributed by atoms with Crippen molar-refractivity contribution in [2.75, 3.05) is 12.3 Å². The van der Waals surface area contributed by atoms with Gasteiger partial charge in [0.25, 0.3) is 5.56 Å². The van der Waals surface area contributed by atoms with Crippen molar-refractivity contribution < 1.29 is 14.9 Å². The van der Waals surface area contributed by atoms with E-state index in [-0.39, 0.29) is 23.7 Å². The van der Waals surface area contributed by atoms with E-state index >= 15 is 0 Å². The summed E-state index contributed by atoms with van der Waals surface area (Å²) >= 11 is 5.72. The summed E-state index contributed by atoms with van der Waals surface area (Å²) in [5.41, 5.74) is 6.83. The predicted molar refractivity (Wildman–Crippen MR) is 73.5 cm³/mol. The summed E-state index contributed by atoms with van der Waals surface area (Å²) in [6.45, 7) is -0.380. The lowest BCUT2D eigenvalue weighted by Crippen LogP contribution is -2.25. The van der Waals surface area contributed by atoms with E-state index in [9.17, 15) is 15.0 Å². The number of aliphatic hydroxyl groups is 2. The maximum Gasteiger partial charge on any atom is 0.280 e. The van der Waals surface area contributed by atoms with Gasteiger partial charge in [-0.05, 0) is 0 Å². The molecule has 9 nitrogen and oxygen atoms in total. The molecule has 3 heterocycles. The smallest absolute Gasteiger partial charge is 0.280 e. The van der Waals surface area contributed by atoms with Crippen molar-refractivity contribution in [3.8, 4) is 0 Å². The molecule has 21 heavy (non-hydrogen) atoms. The summed E-state index contributed by atoms with van der Waals surface area (Å²) < 4.78 is 6.96. The lowest BCUT2D eigenvalue weighted by atomic mass is 10.1. The molecule has 5 N–H and O–H groups in total. The second-order valence-corrected chi connectivity index (χ2v) is 4.76. The van der Waals surface area contributed by atoms with Crippen molar-refractivity contribution in [3.05, 3.63) is 27.8 Å². The number of aliphatic hydroxyl groups excluding tert-OH is 2. The fraction of sp³-hybridized carbons (Fsp3) is 0.364. The molecule has 0 bridgehead atoms. The van der Waals surface area contributed by atoms with Crippen molar-refractivity contribution in [1.29, 1.82) is 0 Å². The highest BCUT2D eigenvalue weighted by molar-refractivity contribution is 6.25. The van der Waals surface area contributed by atoms with Crippen LogP contribution in [0.5, 0.6) is 0 Å². The Morgan fingerprint density at radius 1 is 1.62 bits per heavy atom. The minimum atomic E-state index is -1.06. The Labute approximate surface area is 122 Å². The highest BCUT2D eigenvalue weighted by Gasteiger charge is 2.40. The average Bonchev–Trinajstić information content (AvgIpc) is 2.99. The Hall–Kier alpha value is -1.94. The molecule has 1 saturated heterocycles. The SMILES string of the molecule is Nc1nc2c(ncn2[C@@H]2O[C@H](CO)C(O)/C2=C/Cl)c(=O)[nH]1. The summed E-state index contributed by atoms with van der Waals surface area (Å²) in [5.74, 6) is -0.0668. The van der Waals surface area contributed by atoms with E-state index in [0.29, 0.717) is 5.57 Å². The fourth-order valence-electron chi connectivity index (χ4n) is 2.28. The number of anilines is 1. The molecule has 0 spiro atoms. The third-order valence-electron chi connectivity index (χ3n) is 3.29. The quantitative estimate of drug-likeness (QED) is 0.562. The minimum Gasteiger partial charge on any atom is -0.394 e. The van der Waals surface area contributed by atoms with Gasteiger partial charge in [-0.15, -0.1) is 0 Å². The van der Waals surface area contributed by atoms with Crippen LogP contribution in [-0.2, 0) is 4.74 Å². The van der Waals surface area contributed by atoms with Crippen molar-refractivity contribution in [1.82, 2.24) is 19.5 Å². The normalized spacial score (nSPS) is 27.8. The van der Waals surface area contributed by atoms with Crippen LogP contribution in [0.1, 0.15) is 6.23 Å². The first-order chi connectivity index (χ1) is 10.1. The van der Waals surface area contributed by atoms with E-state index in [4.69, 9.17) is 22.1 Å². The zero-order valence-corrected chi connectivity index (χ0v) is 11.4. The number of imidazole rings is 1. The molecule has 1 aliphatic heterocycles. The lowest BCUT2D eigenvalue weighted by Gasteiger charge is -2.14. The number of nitrogens with zero attached hydrogens (tertiary/aromatic N) is 3. The molecule has 3 rings (SSSR count). The second kappa shape index (κ2) is 5.11. The van der Waals surface area contributed by atoms with Crippen LogP contribution >= 0.6 is 11.6 Å². The molecule has 0 saturated carbocycles. The van der Waals surface area contributed by atoms with Gasteiger partial charge in [-0.2, -0.15) is 4.98 Å². The molecule has 10 heteroatoms. The topological polar surface area (TPSA) is 139 Å². The molecule has 112 valence electrons. The monoisotopic (exact) mass is 313 g/mol. The van der Waals surface area contributed by atoms with E-state index in [0.717, 1.165) is 0 Å². The molecule has 1 aliphatic rings. The van der Waals surface area contributed by atoms with Crippen molar-refractivity contribution >= 4 is 28.7 Å². The second-order valence-electron chi connectivity index (χ2n) is 4.54. The Kier molecular flexibility index (Phi) is 3.41. The van der Waals surface area contributed by atoms with E-state index in [2.05, 4.69) is 15.0 Å². The maximum absolute atomic E-state index is 11.7. The van der Waals surface area contributed by atoms with Crippen LogP contribution in [-0.4, -0.2) is 48.5 Å². The van der Waals surface area contributed by atoms with Crippen LogP contribution < -0.4 is 11.3 Å². The summed E-state index contributed by atoms with van der Waals surface area (Å²) in [7, 11) is 0. The van der Waals surface area contributed by atoms with Gasteiger partial charge in [0.1, 0.15) is 12.2 Å². The Morgan fingerprint density at radius 2 is 2.38 bits per heavy atom. The van der Waals surface area contributed by atoms with Crippen LogP contribution in [0.2, 0.25) is 0 Å². The Bertz CT molecular complexity index is 770. The molecule has 2 aromatic heterocycles. The number of aromatic amines is 1. The zero-order chi connectivity index (χ0) is 15.1. The van der Waals surface area contributed by atoms with Gasteiger partial charge in [0.15, 0.2) is 17.4 Å². The first-order valence-corrected chi connectivity index (χ1v) is 6.47. The molecule has 0 amide bonds. The van der Waals surface area contributed by atoms with Gasteiger partial charge in [0, 0.05) is 11.1 Å². The van der Waals surface area contributed by atoms with E-state index in [1.807, 2.05) is 0 Å². The lowest BCUT2D eigenvalue weighted by molar-refractivity contribution is -0.0422. The van der Waals surface area contributed by atoms with Gasteiger partial charge >= 0.3 is 0 Å². The maximum atomic E-state index is 11.7. The molecule has 0 aromatic carbocycles. The van der Waals surface area contributed by atoms with Gasteiger partial charge in [-0.1, -0.05) is 11.6 Å². The summed E-state index contributed by atoms with van der Waals surface area (Å²) in [4.78, 5) is 22.0. The number of aromatic nitrogens is 4. The standard InChI is InChI=1S/C11H12ClN5O4/c12-1-4-7(19)5(2-18)21-10(4)17-3-14-6-8(17)15-11(13)16-9(6)20/h1,3,5,7,10,18-19H,2H2,(H3,13,15,16,20)/b4-1-/t5-,7?,10-/m1/s1. The number of nitrogens with one attached hydrogen (secondary N) is 1. The number of hydrogen-bond acceptors (Lipinski definition) is 7. The van der Waals surface area contributed by atoms with E-state index in [1.54, 1.807) is 0 Å². The van der Waals surface area contributed by atoms with Crippen molar-refractivity contribution in [2.24, 2.45) is 0 Å². The van der Waals surface area contributed by atoms with Gasteiger partial charge in [0.05, 0.1) is 12.9 Å². The van der Waals surface area contributed by atoms with Crippen LogP contribution in [0.25, 0.3) is 11.2 Å². The number of rotatable bonds is 2. The average molecular weight is 314 g/mol. The van der Waals surface area contributed by atoms with E-state index < -0.39 is 24.0 Å². The number of H-pyrrole nitrogens is 1. The molecule has 1 unspecified atom stereocenters. The third-order valence-corrected chi connectivity index (χ3v) is 3.54. The summed E-state index contributed by atoms with van der Waals surface area (Å²) in [6.07, 6.45) is -1.37. The van der Waals surface area contributed by atoms with Gasteiger partial charge in [0.2, 0.25) is 5.95 Å². The minimum absolute atomic E-state index is 0.0668. The largest absolute Gasteiger partial charge is 0.394 e. The summed E-state index contributed by atoms with van der Waals surface area (Å²) in [5, 5.41) is 19.2. The molecule has 3 atom stereocenters. The van der Waals surface area contributed by atoms with Gasteiger partial charge in [-0.3, -0.25) is 14.3 Å². The van der Waals surface area contributed by atoms with Gasteiger partial charge in [-0.25, -0.2) is 4.98 Å². The number of halogens is 1. The first-order valence-electron chi connectivity index (χ1n) is 6.03. The van der Waals surface area contributed by atoms with Crippen molar-refractivity contribution in [3.63, 3.8) is 0 Å². The van der Waals surface area contributed by atoms with Crippen molar-refractivity contribution in [2.45, 2.75) is 18.4 Å². The Morgan fingerprint density at radius 3 is 3.05 bits per heavy atom. The summed E-state index contributed by atoms with van der Waals surface area (Å²) in [6, 6.07) is 0. The molecule has 1 fully saturated rings. The Balaban J connectivity index is 2.15. The van der Waals surface area contributed by atoms with Crippen LogP contribution in [0.4, 0.5) is 5.95 Å². The van der Waals surface area contributed by atoms with Crippen LogP contribution in [0.3, 0.4) is 0 Å². The molecular formula is C11H12ClN5O4. The van der Waals surface area contributed by atoms with Gasteiger partial charge < -0.3 is 20.7 Å². The number of hydrogen-bond donors (Lipinski definition) is 4. The highest BCUT2D eigenvalue weighted by atomic mass is 35.5. The number of ether oxygens (including phenoxy) is 1. The molecule has 0 aliphatic carbocycles. The third kappa shape index (κ3) is 2.10. The molecular weight excluding hydrogens is 302 g/mol. The predicted octanol–water partition coefficient (Wildman–Crippen LogP) is -0.925. The number of nitrogen functional groups attached to an aromatic ring is 1. The number of fused-ring (bicyclic) bond motifs is 1.